The summed E-state index contributed by atoms with van der Waals surface area (Å²) in [7, 11) is 2.02. The number of hydrogen-bond acceptors (Lipinski definition) is 4. The molecule has 1 saturated heterocycles. The number of likely N-dealkylation sites (tertiary alicyclic amines) is 1. The van der Waals surface area contributed by atoms with Crippen LogP contribution in [0.3, 0.4) is 0 Å². The first-order valence-corrected chi connectivity index (χ1v) is 8.21. The molecular formula is C16H20F3N5. The molecule has 0 radical (unpaired) electrons. The second-order valence-electron chi connectivity index (χ2n) is 7.00. The van der Waals surface area contributed by atoms with Crippen molar-refractivity contribution in [1.82, 2.24) is 19.9 Å². The maximum absolute atomic E-state index is 12.6. The van der Waals surface area contributed by atoms with Crippen LogP contribution in [0.4, 0.5) is 19.0 Å². The van der Waals surface area contributed by atoms with Crippen molar-refractivity contribution in [3.8, 4) is 0 Å². The lowest BCUT2D eigenvalue weighted by Crippen LogP contribution is -2.36. The maximum Gasteiger partial charge on any atom is 0.401 e. The van der Waals surface area contributed by atoms with Gasteiger partial charge in [-0.05, 0) is 30.7 Å². The fraction of sp³-hybridized carbons (Fsp3) is 0.625. The zero-order valence-electron chi connectivity index (χ0n) is 13.4. The van der Waals surface area contributed by atoms with E-state index in [1.165, 1.54) is 0 Å². The predicted molar refractivity (Wildman–Crippen MR) is 84.8 cm³/mol. The van der Waals surface area contributed by atoms with Gasteiger partial charge in [0.2, 0.25) is 0 Å². The molecule has 1 aliphatic heterocycles. The van der Waals surface area contributed by atoms with E-state index in [2.05, 4.69) is 19.9 Å². The fourth-order valence-electron chi connectivity index (χ4n) is 4.38. The average Bonchev–Trinajstić information content (AvgIpc) is 3.17. The number of nitrogens with one attached hydrogen (secondary N) is 1. The lowest BCUT2D eigenvalue weighted by atomic mass is 10.0. The molecule has 2 aliphatic rings. The van der Waals surface area contributed by atoms with Gasteiger partial charge in [-0.25, -0.2) is 9.97 Å². The molecule has 2 unspecified atom stereocenters. The summed E-state index contributed by atoms with van der Waals surface area (Å²) < 4.78 is 37.7. The van der Waals surface area contributed by atoms with E-state index in [9.17, 15) is 13.2 Å². The summed E-state index contributed by atoms with van der Waals surface area (Å²) >= 11 is 0. The van der Waals surface area contributed by atoms with E-state index in [-0.39, 0.29) is 0 Å². The number of anilines is 1. The van der Waals surface area contributed by atoms with Crippen molar-refractivity contribution in [2.24, 2.45) is 11.8 Å². The Labute approximate surface area is 137 Å². The molecule has 3 heterocycles. The largest absolute Gasteiger partial charge is 0.401 e. The van der Waals surface area contributed by atoms with Crippen molar-refractivity contribution in [1.29, 1.82) is 0 Å². The number of nitrogens with zero attached hydrogens (tertiary/aromatic N) is 4. The van der Waals surface area contributed by atoms with Crippen LogP contribution in [0.5, 0.6) is 0 Å². The molecule has 0 amide bonds. The van der Waals surface area contributed by atoms with Crippen molar-refractivity contribution in [3.05, 3.63) is 18.6 Å². The number of hydrogen-bond donors (Lipinski definition) is 1. The molecule has 8 heteroatoms. The quantitative estimate of drug-likeness (QED) is 0.934. The van der Waals surface area contributed by atoms with Crippen LogP contribution in [0.25, 0.3) is 11.0 Å². The second-order valence-corrected chi connectivity index (χ2v) is 7.00. The van der Waals surface area contributed by atoms with E-state index in [0.29, 0.717) is 31.0 Å². The van der Waals surface area contributed by atoms with Crippen LogP contribution in [0.15, 0.2) is 18.6 Å². The van der Waals surface area contributed by atoms with Gasteiger partial charge in [-0.3, -0.25) is 4.90 Å². The van der Waals surface area contributed by atoms with Crippen LogP contribution in [-0.4, -0.2) is 58.8 Å². The first kappa shape index (κ1) is 15.7. The molecule has 2 aromatic heterocycles. The zero-order valence-corrected chi connectivity index (χ0v) is 13.4. The van der Waals surface area contributed by atoms with Crippen molar-refractivity contribution in [2.45, 2.75) is 25.1 Å². The number of aromatic amines is 1. The molecule has 0 aromatic carbocycles. The molecule has 1 N–H and O–H groups in total. The Morgan fingerprint density at radius 1 is 1.25 bits per heavy atom. The smallest absolute Gasteiger partial charge is 0.356 e. The lowest BCUT2D eigenvalue weighted by Gasteiger charge is -2.28. The molecular weight excluding hydrogens is 319 g/mol. The van der Waals surface area contributed by atoms with E-state index in [0.717, 1.165) is 29.7 Å². The predicted octanol–water partition coefficient (Wildman–Crippen LogP) is 2.67. The van der Waals surface area contributed by atoms with Gasteiger partial charge in [-0.1, -0.05) is 0 Å². The summed E-state index contributed by atoms with van der Waals surface area (Å²) in [6.07, 6.45) is 1.13. The molecule has 1 aliphatic carbocycles. The molecule has 2 fully saturated rings. The third-order valence-corrected chi connectivity index (χ3v) is 5.42. The van der Waals surface area contributed by atoms with Crippen molar-refractivity contribution >= 4 is 16.9 Å². The van der Waals surface area contributed by atoms with Gasteiger partial charge < -0.3 is 9.88 Å². The van der Waals surface area contributed by atoms with E-state index in [1.54, 1.807) is 11.2 Å². The van der Waals surface area contributed by atoms with E-state index < -0.39 is 12.7 Å². The molecule has 2 atom stereocenters. The van der Waals surface area contributed by atoms with Gasteiger partial charge in [0, 0.05) is 32.4 Å². The SMILES string of the molecule is CN(c1ncnc2[nH]ccc12)C1CC2CN(CC(F)(F)F)CC2C1. The molecule has 0 bridgehead atoms. The number of fused-ring (bicyclic) bond motifs is 2. The maximum atomic E-state index is 12.6. The number of halogens is 3. The summed E-state index contributed by atoms with van der Waals surface area (Å²) in [5.41, 5.74) is 0.807. The minimum Gasteiger partial charge on any atom is -0.356 e. The van der Waals surface area contributed by atoms with Crippen LogP contribution in [-0.2, 0) is 0 Å². The number of H-pyrrole nitrogens is 1. The molecule has 4 rings (SSSR count). The van der Waals surface area contributed by atoms with Crippen molar-refractivity contribution in [3.63, 3.8) is 0 Å². The third-order valence-electron chi connectivity index (χ3n) is 5.42. The lowest BCUT2D eigenvalue weighted by molar-refractivity contribution is -0.144. The highest BCUT2D eigenvalue weighted by atomic mass is 19.4. The Morgan fingerprint density at radius 3 is 2.62 bits per heavy atom. The molecule has 24 heavy (non-hydrogen) atoms. The molecule has 0 spiro atoms. The summed E-state index contributed by atoms with van der Waals surface area (Å²) in [5, 5.41) is 0.982. The number of aromatic nitrogens is 3. The Hall–Kier alpha value is -1.83. The fourth-order valence-corrected chi connectivity index (χ4v) is 4.38. The highest BCUT2D eigenvalue weighted by Gasteiger charge is 2.45. The van der Waals surface area contributed by atoms with Crippen molar-refractivity contribution < 1.29 is 13.2 Å². The first-order chi connectivity index (χ1) is 11.4. The van der Waals surface area contributed by atoms with Gasteiger partial charge in [0.25, 0.3) is 0 Å². The van der Waals surface area contributed by atoms with Gasteiger partial charge >= 0.3 is 6.18 Å². The summed E-state index contributed by atoms with van der Waals surface area (Å²) in [5.74, 6) is 1.59. The van der Waals surface area contributed by atoms with Crippen LogP contribution < -0.4 is 4.90 Å². The second kappa shape index (κ2) is 5.61. The summed E-state index contributed by atoms with van der Waals surface area (Å²) in [6, 6.07) is 2.28. The molecule has 130 valence electrons. The van der Waals surface area contributed by atoms with Crippen LogP contribution in [0.1, 0.15) is 12.8 Å². The zero-order chi connectivity index (χ0) is 16.9. The molecule has 2 aromatic rings. The van der Waals surface area contributed by atoms with Gasteiger partial charge in [0.1, 0.15) is 17.8 Å². The van der Waals surface area contributed by atoms with Gasteiger partial charge in [-0.15, -0.1) is 0 Å². The third kappa shape index (κ3) is 2.83. The Kier molecular flexibility index (Phi) is 3.67. The van der Waals surface area contributed by atoms with Crippen molar-refractivity contribution in [2.75, 3.05) is 31.6 Å². The monoisotopic (exact) mass is 339 g/mol. The molecule has 5 nitrogen and oxygen atoms in total. The van der Waals surface area contributed by atoms with E-state index in [1.807, 2.05) is 19.3 Å². The van der Waals surface area contributed by atoms with Crippen LogP contribution in [0, 0.1) is 11.8 Å². The van der Waals surface area contributed by atoms with E-state index in [4.69, 9.17) is 0 Å². The van der Waals surface area contributed by atoms with Crippen LogP contribution in [0.2, 0.25) is 0 Å². The summed E-state index contributed by atoms with van der Waals surface area (Å²) in [6.45, 7) is 0.325. The minimum absolute atomic E-state index is 0.320. The van der Waals surface area contributed by atoms with Crippen LogP contribution >= 0.6 is 0 Å². The normalized spacial score (nSPS) is 27.8. The Balaban J connectivity index is 1.44. The van der Waals surface area contributed by atoms with Gasteiger partial charge in [0.15, 0.2) is 0 Å². The number of rotatable bonds is 3. The highest BCUT2D eigenvalue weighted by Crippen LogP contribution is 2.42. The average molecular weight is 339 g/mol. The number of alkyl halides is 3. The topological polar surface area (TPSA) is 48.1 Å². The standard InChI is InChI=1S/C16H20F3N5/c1-23(15-13-2-3-20-14(13)21-9-22-15)12-4-10-6-24(7-11(10)5-12)8-16(17,18)19/h2-3,9-12H,4-8H2,1H3,(H,20,21,22). The van der Waals surface area contributed by atoms with Gasteiger partial charge in [-0.2, -0.15) is 13.2 Å². The van der Waals surface area contributed by atoms with E-state index >= 15 is 0 Å². The molecule has 1 saturated carbocycles. The van der Waals surface area contributed by atoms with Gasteiger partial charge in [0.05, 0.1) is 11.9 Å². The Morgan fingerprint density at radius 2 is 1.96 bits per heavy atom. The minimum atomic E-state index is -4.10. The highest BCUT2D eigenvalue weighted by molar-refractivity contribution is 5.87. The Bertz CT molecular complexity index is 714. The summed E-state index contributed by atoms with van der Waals surface area (Å²) in [4.78, 5) is 15.4. The first-order valence-electron chi connectivity index (χ1n) is 8.21.